The van der Waals surface area contributed by atoms with Crippen molar-refractivity contribution in [2.45, 2.75) is 19.9 Å². The van der Waals surface area contributed by atoms with Crippen molar-refractivity contribution in [1.82, 2.24) is 10.6 Å². The van der Waals surface area contributed by atoms with Crippen LogP contribution < -0.4 is 20.1 Å². The number of ether oxygens (including phenoxy) is 2. The van der Waals surface area contributed by atoms with Crippen molar-refractivity contribution in [2.24, 2.45) is 0 Å². The van der Waals surface area contributed by atoms with Crippen molar-refractivity contribution in [3.8, 4) is 11.5 Å². The van der Waals surface area contributed by atoms with E-state index in [4.69, 9.17) is 9.47 Å². The van der Waals surface area contributed by atoms with Crippen LogP contribution in [0.2, 0.25) is 0 Å². The molecule has 0 bridgehead atoms. The van der Waals surface area contributed by atoms with Crippen molar-refractivity contribution in [3.63, 3.8) is 0 Å². The molecule has 0 aromatic heterocycles. The summed E-state index contributed by atoms with van der Waals surface area (Å²) in [6, 6.07) is 3.17. The van der Waals surface area contributed by atoms with Crippen molar-refractivity contribution < 1.29 is 19.1 Å². The number of benzene rings is 1. The number of nitrogens with one attached hydrogen (secondary N) is 2. The highest BCUT2D eigenvalue weighted by Crippen LogP contribution is 2.35. The van der Waals surface area contributed by atoms with E-state index < -0.39 is 0 Å². The first-order valence-corrected chi connectivity index (χ1v) is 7.17. The lowest BCUT2D eigenvalue weighted by Crippen LogP contribution is -2.39. The van der Waals surface area contributed by atoms with E-state index in [1.807, 2.05) is 13.8 Å². The third-order valence-corrected chi connectivity index (χ3v) is 3.35. The Labute approximate surface area is 132 Å². The number of carbonyl (C=O) groups is 2. The number of halogens is 1. The highest BCUT2D eigenvalue weighted by atomic mass is 79.9. The Morgan fingerprint density at radius 3 is 2.14 bits per heavy atom. The summed E-state index contributed by atoms with van der Waals surface area (Å²) in [6.45, 7) is 3.62. The molecule has 1 aromatic rings. The van der Waals surface area contributed by atoms with Gasteiger partial charge >= 0.3 is 0 Å². The Kier molecular flexibility index (Phi) is 6.48. The van der Waals surface area contributed by atoms with Crippen molar-refractivity contribution in [3.05, 3.63) is 22.2 Å². The Hall–Kier alpha value is -1.76. The van der Waals surface area contributed by atoms with E-state index in [9.17, 15) is 9.59 Å². The third-order valence-electron chi connectivity index (χ3n) is 2.57. The van der Waals surface area contributed by atoms with Crippen molar-refractivity contribution in [1.29, 1.82) is 0 Å². The van der Waals surface area contributed by atoms with Crippen molar-refractivity contribution >= 4 is 27.7 Å². The van der Waals surface area contributed by atoms with E-state index in [-0.39, 0.29) is 24.4 Å². The average Bonchev–Trinajstić information content (AvgIpc) is 2.44. The molecular weight excluding hydrogens is 340 g/mol. The van der Waals surface area contributed by atoms with Gasteiger partial charge in [-0.15, -0.1) is 0 Å². The first-order chi connectivity index (χ1) is 9.88. The van der Waals surface area contributed by atoms with Gasteiger partial charge in [-0.25, -0.2) is 0 Å². The summed E-state index contributed by atoms with van der Waals surface area (Å²) in [5.41, 5.74) is 0.351. The zero-order valence-electron chi connectivity index (χ0n) is 12.5. The van der Waals surface area contributed by atoms with Crippen LogP contribution in [0.3, 0.4) is 0 Å². The summed E-state index contributed by atoms with van der Waals surface area (Å²) in [4.78, 5) is 23.6. The summed E-state index contributed by atoms with van der Waals surface area (Å²) in [6.07, 6.45) is 0. The van der Waals surface area contributed by atoms with Crippen molar-refractivity contribution in [2.75, 3.05) is 20.8 Å². The first kappa shape index (κ1) is 17.3. The first-order valence-electron chi connectivity index (χ1n) is 6.38. The molecule has 0 aliphatic carbocycles. The number of amides is 2. The fraction of sp³-hybridized carbons (Fsp3) is 0.429. The number of carbonyl (C=O) groups excluding carboxylic acids is 2. The Morgan fingerprint density at radius 1 is 1.19 bits per heavy atom. The molecule has 0 unspecified atom stereocenters. The lowest BCUT2D eigenvalue weighted by atomic mass is 10.2. The Morgan fingerprint density at radius 2 is 1.71 bits per heavy atom. The molecule has 0 aliphatic heterocycles. The van der Waals surface area contributed by atoms with Crippen LogP contribution in [0.15, 0.2) is 16.6 Å². The maximum atomic E-state index is 12.1. The molecule has 7 heteroatoms. The molecule has 2 N–H and O–H groups in total. The SMILES string of the molecule is COc1cc(C(=O)NCC(=O)NC(C)C)cc(OC)c1Br. The highest BCUT2D eigenvalue weighted by molar-refractivity contribution is 9.10. The number of hydrogen-bond donors (Lipinski definition) is 2. The van der Waals surface area contributed by atoms with Gasteiger partial charge in [-0.1, -0.05) is 0 Å². The van der Waals surface area contributed by atoms with Gasteiger partial charge in [-0.2, -0.15) is 0 Å². The van der Waals surface area contributed by atoms with Crippen LogP contribution in [0.4, 0.5) is 0 Å². The zero-order chi connectivity index (χ0) is 16.0. The van der Waals surface area contributed by atoms with Gasteiger partial charge in [0.25, 0.3) is 5.91 Å². The van der Waals surface area contributed by atoms with Crippen LogP contribution in [0.25, 0.3) is 0 Å². The van der Waals surface area contributed by atoms with E-state index in [2.05, 4.69) is 26.6 Å². The molecule has 6 nitrogen and oxygen atoms in total. The van der Waals surface area contributed by atoms with Gasteiger partial charge in [-0.05, 0) is 41.9 Å². The van der Waals surface area contributed by atoms with Gasteiger partial charge in [0, 0.05) is 11.6 Å². The molecule has 116 valence electrons. The van der Waals surface area contributed by atoms with Crippen LogP contribution >= 0.6 is 15.9 Å². The Bertz CT molecular complexity index is 507. The minimum absolute atomic E-state index is 0.0299. The molecule has 0 radical (unpaired) electrons. The lowest BCUT2D eigenvalue weighted by molar-refractivity contribution is -0.120. The molecule has 0 saturated heterocycles. The molecule has 0 fully saturated rings. The summed E-state index contributed by atoms with van der Waals surface area (Å²) in [5.74, 6) is 0.338. The monoisotopic (exact) mass is 358 g/mol. The topological polar surface area (TPSA) is 76.7 Å². The van der Waals surface area contributed by atoms with Gasteiger partial charge in [0.05, 0.1) is 20.8 Å². The van der Waals surface area contributed by atoms with Gasteiger partial charge < -0.3 is 20.1 Å². The fourth-order valence-electron chi connectivity index (χ4n) is 1.64. The maximum absolute atomic E-state index is 12.1. The second-order valence-corrected chi connectivity index (χ2v) is 5.39. The number of hydrogen-bond acceptors (Lipinski definition) is 4. The smallest absolute Gasteiger partial charge is 0.251 e. The third kappa shape index (κ3) is 4.93. The lowest BCUT2D eigenvalue weighted by Gasteiger charge is -2.12. The van der Waals surface area contributed by atoms with E-state index in [1.165, 1.54) is 14.2 Å². The van der Waals surface area contributed by atoms with E-state index >= 15 is 0 Å². The van der Waals surface area contributed by atoms with E-state index in [0.29, 0.717) is 21.5 Å². The predicted octanol–water partition coefficient (Wildman–Crippen LogP) is 1.72. The largest absolute Gasteiger partial charge is 0.495 e. The van der Waals surface area contributed by atoms with Crippen LogP contribution in [-0.2, 0) is 4.79 Å². The maximum Gasteiger partial charge on any atom is 0.251 e. The van der Waals surface area contributed by atoms with Crippen LogP contribution in [0.5, 0.6) is 11.5 Å². The summed E-state index contributed by atoms with van der Waals surface area (Å²) < 4.78 is 11.0. The second-order valence-electron chi connectivity index (χ2n) is 4.60. The number of methoxy groups -OCH3 is 2. The Balaban J connectivity index is 2.81. The summed E-state index contributed by atoms with van der Waals surface area (Å²) in [7, 11) is 2.99. The van der Waals surface area contributed by atoms with Gasteiger partial charge in [0.15, 0.2) is 0 Å². The molecule has 0 atom stereocenters. The average molecular weight is 359 g/mol. The zero-order valence-corrected chi connectivity index (χ0v) is 14.0. The second kappa shape index (κ2) is 7.87. The van der Waals surface area contributed by atoms with Gasteiger partial charge in [0.1, 0.15) is 16.0 Å². The summed E-state index contributed by atoms with van der Waals surface area (Å²) >= 11 is 3.33. The molecule has 1 rings (SSSR count). The predicted molar refractivity (Wildman–Crippen MR) is 82.9 cm³/mol. The molecule has 0 saturated carbocycles. The van der Waals surface area contributed by atoms with Crippen LogP contribution in [0.1, 0.15) is 24.2 Å². The normalized spacial score (nSPS) is 10.2. The van der Waals surface area contributed by atoms with Gasteiger partial charge in [0.2, 0.25) is 5.91 Å². The molecule has 0 aliphatic rings. The molecule has 2 amide bonds. The highest BCUT2D eigenvalue weighted by Gasteiger charge is 2.15. The standard InChI is InChI=1S/C14H19BrN2O4/c1-8(2)17-12(18)7-16-14(19)9-5-10(20-3)13(15)11(6-9)21-4/h5-6,8H,7H2,1-4H3,(H,16,19)(H,17,18). The molecule has 1 aromatic carbocycles. The minimum Gasteiger partial charge on any atom is -0.495 e. The molecule has 0 spiro atoms. The number of rotatable bonds is 6. The quantitative estimate of drug-likeness (QED) is 0.811. The molecular formula is C14H19BrN2O4. The van der Waals surface area contributed by atoms with E-state index in [1.54, 1.807) is 12.1 Å². The van der Waals surface area contributed by atoms with Crippen LogP contribution in [-0.4, -0.2) is 38.6 Å². The van der Waals surface area contributed by atoms with E-state index in [0.717, 1.165) is 0 Å². The minimum atomic E-state index is -0.377. The molecule has 21 heavy (non-hydrogen) atoms. The fourth-order valence-corrected chi connectivity index (χ4v) is 2.19. The van der Waals surface area contributed by atoms with Gasteiger partial charge in [-0.3, -0.25) is 9.59 Å². The molecule has 0 heterocycles. The van der Waals surface area contributed by atoms with Crippen LogP contribution in [0, 0.1) is 0 Å². The summed E-state index contributed by atoms with van der Waals surface area (Å²) in [5, 5.41) is 5.24.